The monoisotopic (exact) mass is 269 g/mol. The molecular weight excluding hydrogens is 258 g/mol. The summed E-state index contributed by atoms with van der Waals surface area (Å²) in [7, 11) is 0. The number of anilines is 1. The van der Waals surface area contributed by atoms with Crippen molar-refractivity contribution in [2.45, 2.75) is 13.0 Å². The van der Waals surface area contributed by atoms with Crippen LogP contribution < -0.4 is 10.2 Å². The van der Waals surface area contributed by atoms with Crippen molar-refractivity contribution < 1.29 is 4.79 Å². The van der Waals surface area contributed by atoms with Crippen LogP contribution in [0, 0.1) is 0 Å². The number of hydrogen-bond donors (Lipinski definition) is 1. The second kappa shape index (κ2) is 4.18. The van der Waals surface area contributed by atoms with Gasteiger partial charge in [0.2, 0.25) is 5.91 Å². The van der Waals surface area contributed by atoms with E-state index >= 15 is 0 Å². The molecule has 15 heavy (non-hydrogen) atoms. The first-order valence-corrected chi connectivity index (χ1v) is 5.64. The maximum Gasteiger partial charge on any atom is 0.242 e. The van der Waals surface area contributed by atoms with Gasteiger partial charge in [-0.1, -0.05) is 0 Å². The van der Waals surface area contributed by atoms with Crippen LogP contribution >= 0.6 is 15.9 Å². The van der Waals surface area contributed by atoms with Gasteiger partial charge in [0.15, 0.2) is 0 Å². The molecule has 80 valence electrons. The van der Waals surface area contributed by atoms with Crippen LogP contribution in [0.4, 0.5) is 5.82 Å². The zero-order valence-corrected chi connectivity index (χ0v) is 9.99. The maximum atomic E-state index is 11.5. The molecule has 4 nitrogen and oxygen atoms in total. The first kappa shape index (κ1) is 10.4. The second-order valence-electron chi connectivity index (χ2n) is 3.47. The number of nitrogens with one attached hydrogen (secondary N) is 1. The standard InChI is InChI=1S/C10H12BrN3O/c1-7-10(15)13-5-6-14(7)9-8(11)3-2-4-12-9/h2-4,7H,5-6H2,1H3,(H,13,15)/t7-/m1/s1. The number of rotatable bonds is 1. The fourth-order valence-electron chi connectivity index (χ4n) is 1.66. The molecule has 1 saturated heterocycles. The molecule has 2 rings (SSSR count). The summed E-state index contributed by atoms with van der Waals surface area (Å²) in [5.41, 5.74) is 0. The normalized spacial score (nSPS) is 21.3. The summed E-state index contributed by atoms with van der Waals surface area (Å²) in [6, 6.07) is 3.63. The molecule has 0 spiro atoms. The van der Waals surface area contributed by atoms with E-state index in [2.05, 4.69) is 26.2 Å². The number of pyridine rings is 1. The Hall–Kier alpha value is -1.10. The smallest absolute Gasteiger partial charge is 0.242 e. The van der Waals surface area contributed by atoms with Crippen LogP contribution in [0.2, 0.25) is 0 Å². The fourth-order valence-corrected chi connectivity index (χ4v) is 2.14. The SMILES string of the molecule is C[C@@H]1C(=O)NCCN1c1ncccc1Br. The molecule has 1 aromatic heterocycles. The van der Waals surface area contributed by atoms with E-state index in [1.807, 2.05) is 24.0 Å². The largest absolute Gasteiger partial charge is 0.353 e. The van der Waals surface area contributed by atoms with Crippen molar-refractivity contribution in [3.63, 3.8) is 0 Å². The van der Waals surface area contributed by atoms with Crippen LogP contribution in [0.15, 0.2) is 22.8 Å². The third-order valence-electron chi connectivity index (χ3n) is 2.51. The van der Waals surface area contributed by atoms with E-state index in [4.69, 9.17) is 0 Å². The Kier molecular flexibility index (Phi) is 2.90. The number of aromatic nitrogens is 1. The summed E-state index contributed by atoms with van der Waals surface area (Å²) in [6.07, 6.45) is 1.74. The Morgan fingerprint density at radius 3 is 3.20 bits per heavy atom. The number of hydrogen-bond acceptors (Lipinski definition) is 3. The molecule has 0 aliphatic carbocycles. The summed E-state index contributed by atoms with van der Waals surface area (Å²) in [5, 5.41) is 2.83. The van der Waals surface area contributed by atoms with E-state index in [0.717, 1.165) is 16.8 Å². The molecule has 5 heteroatoms. The molecule has 1 N–H and O–H groups in total. The number of carbonyl (C=O) groups is 1. The Balaban J connectivity index is 2.30. The van der Waals surface area contributed by atoms with Crippen molar-refractivity contribution in [3.8, 4) is 0 Å². The summed E-state index contributed by atoms with van der Waals surface area (Å²) in [6.45, 7) is 3.35. The van der Waals surface area contributed by atoms with E-state index in [1.54, 1.807) is 6.20 Å². The van der Waals surface area contributed by atoms with Gasteiger partial charge in [0.25, 0.3) is 0 Å². The van der Waals surface area contributed by atoms with E-state index < -0.39 is 0 Å². The third-order valence-corrected chi connectivity index (χ3v) is 3.13. The molecule has 0 radical (unpaired) electrons. The molecule has 0 bridgehead atoms. The molecular formula is C10H12BrN3O. The van der Waals surface area contributed by atoms with Crippen molar-refractivity contribution in [3.05, 3.63) is 22.8 Å². The van der Waals surface area contributed by atoms with Crippen molar-refractivity contribution in [2.24, 2.45) is 0 Å². The van der Waals surface area contributed by atoms with Gasteiger partial charge in [0.1, 0.15) is 11.9 Å². The van der Waals surface area contributed by atoms with Crippen LogP contribution in [0.25, 0.3) is 0 Å². The van der Waals surface area contributed by atoms with Crippen LogP contribution in [-0.2, 0) is 4.79 Å². The minimum atomic E-state index is -0.162. The number of nitrogens with zero attached hydrogens (tertiary/aromatic N) is 2. The highest BCUT2D eigenvalue weighted by Crippen LogP contribution is 2.25. The van der Waals surface area contributed by atoms with Crippen LogP contribution in [0.3, 0.4) is 0 Å². The second-order valence-corrected chi connectivity index (χ2v) is 4.32. The zero-order chi connectivity index (χ0) is 10.8. The van der Waals surface area contributed by atoms with Gasteiger partial charge >= 0.3 is 0 Å². The summed E-state index contributed by atoms with van der Waals surface area (Å²) in [5.74, 6) is 0.888. The molecule has 0 aromatic carbocycles. The third kappa shape index (κ3) is 1.97. The van der Waals surface area contributed by atoms with Crippen molar-refractivity contribution in [1.82, 2.24) is 10.3 Å². The van der Waals surface area contributed by atoms with E-state index in [9.17, 15) is 4.79 Å². The Morgan fingerprint density at radius 2 is 2.47 bits per heavy atom. The van der Waals surface area contributed by atoms with Gasteiger partial charge in [0, 0.05) is 19.3 Å². The lowest BCUT2D eigenvalue weighted by Gasteiger charge is -2.34. The lowest BCUT2D eigenvalue weighted by atomic mass is 10.2. The number of carbonyl (C=O) groups excluding carboxylic acids is 1. The molecule has 1 amide bonds. The molecule has 1 fully saturated rings. The van der Waals surface area contributed by atoms with E-state index in [1.165, 1.54) is 0 Å². The molecule has 1 atom stereocenters. The molecule has 0 saturated carbocycles. The van der Waals surface area contributed by atoms with Gasteiger partial charge in [-0.25, -0.2) is 4.98 Å². The molecule has 1 aliphatic heterocycles. The van der Waals surface area contributed by atoms with Gasteiger partial charge < -0.3 is 10.2 Å². The molecule has 0 unspecified atom stereocenters. The van der Waals surface area contributed by atoms with Crippen molar-refractivity contribution in [2.75, 3.05) is 18.0 Å². The van der Waals surface area contributed by atoms with E-state index in [0.29, 0.717) is 6.54 Å². The lowest BCUT2D eigenvalue weighted by Crippen LogP contribution is -2.54. The average Bonchev–Trinajstić information content (AvgIpc) is 2.23. The topological polar surface area (TPSA) is 45.2 Å². The maximum absolute atomic E-state index is 11.5. The highest BCUT2D eigenvalue weighted by molar-refractivity contribution is 9.10. The molecule has 1 aromatic rings. The van der Waals surface area contributed by atoms with Crippen molar-refractivity contribution in [1.29, 1.82) is 0 Å². The summed E-state index contributed by atoms with van der Waals surface area (Å²) < 4.78 is 0.923. The number of piperazine rings is 1. The lowest BCUT2D eigenvalue weighted by molar-refractivity contribution is -0.122. The van der Waals surface area contributed by atoms with Crippen LogP contribution in [0.5, 0.6) is 0 Å². The van der Waals surface area contributed by atoms with E-state index in [-0.39, 0.29) is 11.9 Å². The number of halogens is 1. The Morgan fingerprint density at radius 1 is 1.67 bits per heavy atom. The predicted molar refractivity (Wildman–Crippen MR) is 61.8 cm³/mol. The molecule has 2 heterocycles. The fraction of sp³-hybridized carbons (Fsp3) is 0.400. The average molecular weight is 270 g/mol. The first-order valence-electron chi connectivity index (χ1n) is 4.85. The minimum absolute atomic E-state index is 0.0544. The minimum Gasteiger partial charge on any atom is -0.353 e. The highest BCUT2D eigenvalue weighted by atomic mass is 79.9. The Bertz CT molecular complexity index is 383. The summed E-state index contributed by atoms with van der Waals surface area (Å²) >= 11 is 3.44. The molecule has 1 aliphatic rings. The van der Waals surface area contributed by atoms with Gasteiger partial charge in [-0.05, 0) is 35.0 Å². The van der Waals surface area contributed by atoms with Gasteiger partial charge in [-0.2, -0.15) is 0 Å². The van der Waals surface area contributed by atoms with Crippen LogP contribution in [0.1, 0.15) is 6.92 Å². The first-order chi connectivity index (χ1) is 7.20. The van der Waals surface area contributed by atoms with Gasteiger partial charge in [0.05, 0.1) is 4.47 Å². The van der Waals surface area contributed by atoms with Gasteiger partial charge in [-0.3, -0.25) is 4.79 Å². The summed E-state index contributed by atoms with van der Waals surface area (Å²) in [4.78, 5) is 17.8. The quantitative estimate of drug-likeness (QED) is 0.833. The van der Waals surface area contributed by atoms with Gasteiger partial charge in [-0.15, -0.1) is 0 Å². The predicted octanol–water partition coefficient (Wildman–Crippen LogP) is 1.17. The Labute approximate surface area is 96.8 Å². The highest BCUT2D eigenvalue weighted by Gasteiger charge is 2.27. The van der Waals surface area contributed by atoms with Crippen LogP contribution in [-0.4, -0.2) is 30.0 Å². The zero-order valence-electron chi connectivity index (χ0n) is 8.40. The number of amides is 1. The van der Waals surface area contributed by atoms with Crippen molar-refractivity contribution >= 4 is 27.7 Å².